The number of rotatable bonds is 3. The molecule has 0 aliphatic carbocycles. The zero-order valence-corrected chi connectivity index (χ0v) is 11.1. The minimum Gasteiger partial charge on any atom is -1.00 e. The molecule has 1 amide bonds. The second kappa shape index (κ2) is 6.50. The van der Waals surface area contributed by atoms with Crippen LogP contribution in [0.25, 0.3) is 0 Å². The molecule has 0 fully saturated rings. The molecule has 0 aromatic carbocycles. The van der Waals surface area contributed by atoms with Gasteiger partial charge in [-0.2, -0.15) is 13.2 Å². The van der Waals surface area contributed by atoms with Gasteiger partial charge in [-0.1, -0.05) is 13.8 Å². The predicted molar refractivity (Wildman–Crippen MR) is 44.6 cm³/mol. The van der Waals surface area contributed by atoms with E-state index in [1.807, 2.05) is 5.32 Å². The summed E-state index contributed by atoms with van der Waals surface area (Å²) in [5.74, 6) is -3.16. The van der Waals surface area contributed by atoms with Crippen LogP contribution in [0.1, 0.15) is 22.2 Å². The summed E-state index contributed by atoms with van der Waals surface area (Å²) in [6.45, 7) is 3.94. The summed E-state index contributed by atoms with van der Waals surface area (Å²) in [6, 6.07) is -1.49. The minimum atomic E-state index is -4.91. The number of hydrogen-bond acceptors (Lipinski definition) is 2. The van der Waals surface area contributed by atoms with Gasteiger partial charge in [0, 0.05) is 6.92 Å². The number of Topliss-reactive ketones (excluding diaryl/α,β-unsaturated/α-hetero) is 1. The smallest absolute Gasteiger partial charge is 1.00 e. The predicted octanol–water partition coefficient (Wildman–Crippen LogP) is -1.60. The molecule has 1 N–H and O–H groups in total. The maximum absolute atomic E-state index is 12.0. The normalized spacial score (nSPS) is 13.0. The van der Waals surface area contributed by atoms with Crippen LogP contribution in [0.2, 0.25) is 0 Å². The summed E-state index contributed by atoms with van der Waals surface area (Å²) >= 11 is 0. The van der Waals surface area contributed by atoms with Crippen molar-refractivity contribution < 1.29 is 53.7 Å². The SMILES string of the molecule is CC(=O)NC(C(=O)C(F)(F)F)C(C)C.[H-].[Na+]. The van der Waals surface area contributed by atoms with Crippen molar-refractivity contribution in [1.82, 2.24) is 5.32 Å². The van der Waals surface area contributed by atoms with Crippen LogP contribution in [0.5, 0.6) is 0 Å². The first kappa shape index (κ1) is 17.3. The van der Waals surface area contributed by atoms with E-state index in [2.05, 4.69) is 0 Å². The van der Waals surface area contributed by atoms with Crippen molar-refractivity contribution in [2.45, 2.75) is 33.0 Å². The number of carbonyl (C=O) groups excluding carboxylic acids is 2. The fourth-order valence-corrected chi connectivity index (χ4v) is 0.930. The molecule has 0 heterocycles. The van der Waals surface area contributed by atoms with Crippen LogP contribution in [0.15, 0.2) is 0 Å². The van der Waals surface area contributed by atoms with Crippen LogP contribution in [0.3, 0.4) is 0 Å². The van der Waals surface area contributed by atoms with Crippen LogP contribution in [0, 0.1) is 5.92 Å². The molecular weight excluding hydrogens is 222 g/mol. The Morgan fingerprint density at radius 3 is 1.87 bits per heavy atom. The van der Waals surface area contributed by atoms with Crippen molar-refractivity contribution in [3.63, 3.8) is 0 Å². The number of carbonyl (C=O) groups is 2. The fourth-order valence-electron chi connectivity index (χ4n) is 0.930. The average Bonchev–Trinajstić information content (AvgIpc) is 1.96. The molecule has 0 aliphatic rings. The van der Waals surface area contributed by atoms with Gasteiger partial charge in [0.2, 0.25) is 5.91 Å². The molecule has 0 aromatic heterocycles. The van der Waals surface area contributed by atoms with Gasteiger partial charge in [0.1, 0.15) is 0 Å². The molecule has 15 heavy (non-hydrogen) atoms. The molecule has 7 heteroatoms. The van der Waals surface area contributed by atoms with E-state index in [0.717, 1.165) is 6.92 Å². The first-order chi connectivity index (χ1) is 6.16. The molecule has 0 spiro atoms. The van der Waals surface area contributed by atoms with Gasteiger partial charge in [0.25, 0.3) is 5.78 Å². The molecule has 3 nitrogen and oxygen atoms in total. The Bertz CT molecular complexity index is 246. The Morgan fingerprint density at radius 1 is 1.27 bits per heavy atom. The molecule has 0 aromatic rings. The molecule has 0 rings (SSSR count). The summed E-state index contributed by atoms with van der Waals surface area (Å²) < 4.78 is 36.0. The van der Waals surface area contributed by atoms with Crippen molar-refractivity contribution in [1.29, 1.82) is 0 Å². The van der Waals surface area contributed by atoms with Gasteiger partial charge in [-0.25, -0.2) is 0 Å². The van der Waals surface area contributed by atoms with Crippen molar-refractivity contribution in [3.05, 3.63) is 0 Å². The molecule has 0 aliphatic heterocycles. The quantitative estimate of drug-likeness (QED) is 0.599. The first-order valence-corrected chi connectivity index (χ1v) is 4.04. The van der Waals surface area contributed by atoms with Gasteiger partial charge in [0.05, 0.1) is 6.04 Å². The number of halogens is 3. The third-order valence-corrected chi connectivity index (χ3v) is 1.59. The molecule has 0 saturated carbocycles. The number of hydrogen-bond donors (Lipinski definition) is 1. The van der Waals surface area contributed by atoms with E-state index in [-0.39, 0.29) is 31.0 Å². The third kappa shape index (κ3) is 6.17. The van der Waals surface area contributed by atoms with Crippen LogP contribution in [0.4, 0.5) is 13.2 Å². The van der Waals surface area contributed by atoms with E-state index >= 15 is 0 Å². The molecule has 0 radical (unpaired) electrons. The number of amides is 1. The zero-order valence-electron chi connectivity index (χ0n) is 10.1. The zero-order chi connectivity index (χ0) is 11.5. The van der Waals surface area contributed by atoms with Gasteiger partial charge in [0.15, 0.2) is 0 Å². The van der Waals surface area contributed by atoms with E-state index in [1.54, 1.807) is 0 Å². The van der Waals surface area contributed by atoms with Gasteiger partial charge in [-0.15, -0.1) is 0 Å². The number of alkyl halides is 3. The van der Waals surface area contributed by atoms with E-state index in [1.165, 1.54) is 13.8 Å². The Balaban J connectivity index is -0.000000845. The van der Waals surface area contributed by atoms with Crippen molar-refractivity contribution in [2.24, 2.45) is 5.92 Å². The first-order valence-electron chi connectivity index (χ1n) is 4.04. The van der Waals surface area contributed by atoms with Gasteiger partial charge in [-0.3, -0.25) is 9.59 Å². The molecule has 0 bridgehead atoms. The number of ketones is 1. The Hall–Kier alpha value is -0.0700. The Labute approximate surface area is 110 Å². The number of nitrogens with one attached hydrogen (secondary N) is 1. The second-order valence-corrected chi connectivity index (χ2v) is 3.28. The minimum absolute atomic E-state index is 0. The van der Waals surface area contributed by atoms with E-state index in [4.69, 9.17) is 0 Å². The Kier molecular flexibility index (Phi) is 7.51. The standard InChI is InChI=1S/C8H12F3NO2.Na.H/c1-4(2)6(12-5(3)13)7(14)8(9,10)11;;/h4,6H,1-3H3,(H,12,13);;/q;+1;-1. The van der Waals surface area contributed by atoms with E-state index in [0.29, 0.717) is 0 Å². The maximum Gasteiger partial charge on any atom is 1.00 e. The van der Waals surface area contributed by atoms with E-state index < -0.39 is 29.8 Å². The maximum atomic E-state index is 12.0. The molecular formula is C8H13F3NNaO2. The molecule has 1 unspecified atom stereocenters. The van der Waals surface area contributed by atoms with Gasteiger partial charge >= 0.3 is 35.7 Å². The van der Waals surface area contributed by atoms with Gasteiger partial charge < -0.3 is 6.74 Å². The summed E-state index contributed by atoms with van der Waals surface area (Å²) in [4.78, 5) is 21.4. The van der Waals surface area contributed by atoms with E-state index in [9.17, 15) is 22.8 Å². The summed E-state index contributed by atoms with van der Waals surface area (Å²) in [6.07, 6.45) is -4.91. The van der Waals surface area contributed by atoms with Crippen LogP contribution >= 0.6 is 0 Å². The summed E-state index contributed by atoms with van der Waals surface area (Å²) in [5, 5.41) is 1.98. The monoisotopic (exact) mass is 235 g/mol. The van der Waals surface area contributed by atoms with Crippen molar-refractivity contribution in [2.75, 3.05) is 0 Å². The van der Waals surface area contributed by atoms with Crippen LogP contribution in [-0.4, -0.2) is 23.9 Å². The molecule has 1 atom stereocenters. The Morgan fingerprint density at radius 2 is 1.67 bits per heavy atom. The second-order valence-electron chi connectivity index (χ2n) is 3.28. The van der Waals surface area contributed by atoms with Gasteiger partial charge in [-0.05, 0) is 5.92 Å². The van der Waals surface area contributed by atoms with Crippen molar-refractivity contribution >= 4 is 11.7 Å². The van der Waals surface area contributed by atoms with Crippen molar-refractivity contribution in [3.8, 4) is 0 Å². The fraction of sp³-hybridized carbons (Fsp3) is 0.750. The van der Waals surface area contributed by atoms with Crippen LogP contribution in [-0.2, 0) is 9.59 Å². The van der Waals surface area contributed by atoms with Crippen LogP contribution < -0.4 is 34.9 Å². The summed E-state index contributed by atoms with van der Waals surface area (Å²) in [5.41, 5.74) is 0. The molecule has 84 valence electrons. The summed E-state index contributed by atoms with van der Waals surface area (Å²) in [7, 11) is 0. The molecule has 0 saturated heterocycles. The third-order valence-electron chi connectivity index (χ3n) is 1.59. The average molecular weight is 235 g/mol. The largest absolute Gasteiger partial charge is 1.00 e. The topological polar surface area (TPSA) is 46.2 Å².